The Bertz CT molecular complexity index is 946. The van der Waals surface area contributed by atoms with Gasteiger partial charge in [-0.25, -0.2) is 4.79 Å². The molecule has 3 N–H and O–H groups in total. The fourth-order valence-corrected chi connectivity index (χ4v) is 4.25. The summed E-state index contributed by atoms with van der Waals surface area (Å²) in [6, 6.07) is 13.7. The second-order valence-corrected chi connectivity index (χ2v) is 8.09. The average molecular weight is 425 g/mol. The Labute approximate surface area is 183 Å². The van der Waals surface area contributed by atoms with Gasteiger partial charge in [0.05, 0.1) is 18.2 Å². The SMILES string of the molecule is CCC(CC)O[C@@H]1C=C(C(=O)O)C[C@H](NCc2cccc3ccccc23)[C@H]1NC(C)=O. The normalized spacial score (nSPS) is 21.2. The summed E-state index contributed by atoms with van der Waals surface area (Å²) < 4.78 is 6.24. The molecule has 0 saturated heterocycles. The summed E-state index contributed by atoms with van der Waals surface area (Å²) >= 11 is 0. The molecule has 166 valence electrons. The van der Waals surface area contributed by atoms with Gasteiger partial charge in [-0.1, -0.05) is 56.3 Å². The third-order valence-electron chi connectivity index (χ3n) is 5.93. The van der Waals surface area contributed by atoms with Crippen LogP contribution in [0.1, 0.15) is 45.6 Å². The topological polar surface area (TPSA) is 87.7 Å². The number of carbonyl (C=O) groups is 2. The molecule has 3 atom stereocenters. The highest BCUT2D eigenvalue weighted by Gasteiger charge is 2.37. The van der Waals surface area contributed by atoms with Crippen molar-refractivity contribution in [1.29, 1.82) is 0 Å². The number of ether oxygens (including phenoxy) is 1. The molecule has 0 spiro atoms. The molecule has 0 aromatic heterocycles. The molecule has 0 aliphatic heterocycles. The number of carboxylic acid groups (broad SMARTS) is 1. The molecular weight excluding hydrogens is 392 g/mol. The number of fused-ring (bicyclic) bond motifs is 1. The first kappa shape index (κ1) is 23.0. The van der Waals surface area contributed by atoms with Gasteiger partial charge >= 0.3 is 5.97 Å². The first-order valence-corrected chi connectivity index (χ1v) is 11.0. The second-order valence-electron chi connectivity index (χ2n) is 8.09. The van der Waals surface area contributed by atoms with Crippen molar-refractivity contribution in [2.45, 2.75) is 70.9 Å². The van der Waals surface area contributed by atoms with Gasteiger partial charge in [-0.3, -0.25) is 4.79 Å². The smallest absolute Gasteiger partial charge is 0.331 e. The van der Waals surface area contributed by atoms with E-state index < -0.39 is 12.1 Å². The van der Waals surface area contributed by atoms with E-state index in [-0.39, 0.29) is 24.1 Å². The lowest BCUT2D eigenvalue weighted by atomic mass is 9.87. The van der Waals surface area contributed by atoms with E-state index in [2.05, 4.69) is 34.9 Å². The van der Waals surface area contributed by atoms with E-state index in [4.69, 9.17) is 4.74 Å². The average Bonchev–Trinajstić information content (AvgIpc) is 2.76. The van der Waals surface area contributed by atoms with Gasteiger partial charge in [-0.05, 0) is 41.7 Å². The Morgan fingerprint density at radius 2 is 1.84 bits per heavy atom. The Kier molecular flexibility index (Phi) is 7.82. The van der Waals surface area contributed by atoms with Crippen molar-refractivity contribution in [3.05, 3.63) is 59.7 Å². The Hall–Kier alpha value is -2.70. The molecule has 0 radical (unpaired) electrons. The molecule has 0 fully saturated rings. The molecule has 1 aliphatic rings. The van der Waals surface area contributed by atoms with E-state index in [0.717, 1.165) is 29.2 Å². The minimum atomic E-state index is -0.948. The molecule has 31 heavy (non-hydrogen) atoms. The fraction of sp³-hybridized carbons (Fsp3) is 0.440. The van der Waals surface area contributed by atoms with Crippen molar-refractivity contribution in [3.63, 3.8) is 0 Å². The van der Waals surface area contributed by atoms with E-state index in [1.54, 1.807) is 6.08 Å². The van der Waals surface area contributed by atoms with Gasteiger partial charge in [0.1, 0.15) is 0 Å². The maximum absolute atomic E-state index is 12.0. The highest BCUT2D eigenvalue weighted by atomic mass is 16.5. The van der Waals surface area contributed by atoms with Gasteiger partial charge < -0.3 is 20.5 Å². The summed E-state index contributed by atoms with van der Waals surface area (Å²) in [5, 5.41) is 18.5. The van der Waals surface area contributed by atoms with Gasteiger partial charge in [-0.2, -0.15) is 0 Å². The van der Waals surface area contributed by atoms with Crippen LogP contribution in [0.25, 0.3) is 10.8 Å². The molecule has 3 rings (SSSR count). The number of hydrogen-bond acceptors (Lipinski definition) is 4. The minimum absolute atomic E-state index is 0.00405. The van der Waals surface area contributed by atoms with Crippen LogP contribution in [-0.2, 0) is 20.9 Å². The fourth-order valence-electron chi connectivity index (χ4n) is 4.25. The zero-order valence-electron chi connectivity index (χ0n) is 18.4. The number of amides is 1. The summed E-state index contributed by atoms with van der Waals surface area (Å²) in [5.41, 5.74) is 1.44. The van der Waals surface area contributed by atoms with Gasteiger partial charge in [0, 0.05) is 25.1 Å². The predicted octanol–water partition coefficient (Wildman–Crippen LogP) is 3.79. The lowest BCUT2D eigenvalue weighted by Gasteiger charge is -2.38. The molecule has 2 aromatic carbocycles. The Morgan fingerprint density at radius 1 is 1.13 bits per heavy atom. The number of aliphatic carboxylic acids is 1. The quantitative estimate of drug-likeness (QED) is 0.570. The van der Waals surface area contributed by atoms with Crippen LogP contribution in [-0.4, -0.2) is 41.3 Å². The summed E-state index contributed by atoms with van der Waals surface area (Å²) in [6.45, 7) is 6.13. The van der Waals surface area contributed by atoms with Crippen LogP contribution < -0.4 is 10.6 Å². The maximum Gasteiger partial charge on any atom is 0.331 e. The summed E-state index contributed by atoms with van der Waals surface area (Å²) in [4.78, 5) is 23.8. The lowest BCUT2D eigenvalue weighted by molar-refractivity contribution is -0.133. The zero-order valence-corrected chi connectivity index (χ0v) is 18.4. The number of carboxylic acids is 1. The van der Waals surface area contributed by atoms with Crippen molar-refractivity contribution in [2.75, 3.05) is 0 Å². The van der Waals surface area contributed by atoms with E-state index in [1.807, 2.05) is 32.0 Å². The van der Waals surface area contributed by atoms with Crippen molar-refractivity contribution in [3.8, 4) is 0 Å². The van der Waals surface area contributed by atoms with Crippen LogP contribution in [0.5, 0.6) is 0 Å². The maximum atomic E-state index is 12.0. The monoisotopic (exact) mass is 424 g/mol. The number of carbonyl (C=O) groups excluding carboxylic acids is 1. The van der Waals surface area contributed by atoms with Crippen molar-refractivity contribution in [1.82, 2.24) is 10.6 Å². The third kappa shape index (κ3) is 5.71. The van der Waals surface area contributed by atoms with Crippen LogP contribution in [0.4, 0.5) is 0 Å². The largest absolute Gasteiger partial charge is 0.478 e. The molecule has 0 heterocycles. The van der Waals surface area contributed by atoms with Gasteiger partial charge in [0.2, 0.25) is 5.91 Å². The van der Waals surface area contributed by atoms with E-state index in [9.17, 15) is 14.7 Å². The van der Waals surface area contributed by atoms with Crippen LogP contribution in [0, 0.1) is 0 Å². The van der Waals surface area contributed by atoms with Crippen molar-refractivity contribution in [2.24, 2.45) is 0 Å². The first-order valence-electron chi connectivity index (χ1n) is 11.0. The molecule has 6 heteroatoms. The van der Waals surface area contributed by atoms with Crippen LogP contribution >= 0.6 is 0 Å². The zero-order chi connectivity index (χ0) is 22.4. The van der Waals surface area contributed by atoms with E-state index in [0.29, 0.717) is 18.5 Å². The highest BCUT2D eigenvalue weighted by molar-refractivity contribution is 5.87. The van der Waals surface area contributed by atoms with Crippen molar-refractivity contribution < 1.29 is 19.4 Å². The van der Waals surface area contributed by atoms with E-state index >= 15 is 0 Å². The number of nitrogens with one attached hydrogen (secondary N) is 2. The molecule has 0 unspecified atom stereocenters. The number of benzene rings is 2. The minimum Gasteiger partial charge on any atom is -0.478 e. The second kappa shape index (κ2) is 10.6. The molecule has 1 amide bonds. The lowest BCUT2D eigenvalue weighted by Crippen LogP contribution is -2.58. The summed E-state index contributed by atoms with van der Waals surface area (Å²) in [5.74, 6) is -1.11. The van der Waals surface area contributed by atoms with Crippen molar-refractivity contribution >= 4 is 22.6 Å². The Morgan fingerprint density at radius 3 is 2.52 bits per heavy atom. The van der Waals surface area contributed by atoms with Gasteiger partial charge in [0.15, 0.2) is 0 Å². The van der Waals surface area contributed by atoms with Crippen LogP contribution in [0.15, 0.2) is 54.1 Å². The van der Waals surface area contributed by atoms with Crippen LogP contribution in [0.3, 0.4) is 0 Å². The molecule has 2 aromatic rings. The standard InChI is InChI=1S/C25H32N2O4/c1-4-20(5-2)31-23-14-19(25(29)30)13-22(24(23)27-16(3)28)26-15-18-11-8-10-17-9-6-7-12-21(17)18/h6-12,14,20,22-24,26H,4-5,13,15H2,1-3H3,(H,27,28)(H,29,30)/t22-,23+,24+/m0/s1. The molecule has 0 saturated carbocycles. The number of rotatable bonds is 9. The number of hydrogen-bond donors (Lipinski definition) is 3. The highest BCUT2D eigenvalue weighted by Crippen LogP contribution is 2.26. The predicted molar refractivity (Wildman–Crippen MR) is 122 cm³/mol. The summed E-state index contributed by atoms with van der Waals surface area (Å²) in [6.07, 6.45) is 3.13. The molecular formula is C25H32N2O4. The first-order chi connectivity index (χ1) is 14.9. The van der Waals surface area contributed by atoms with E-state index in [1.165, 1.54) is 6.92 Å². The molecule has 0 bridgehead atoms. The summed E-state index contributed by atoms with van der Waals surface area (Å²) in [7, 11) is 0. The third-order valence-corrected chi connectivity index (χ3v) is 5.93. The molecule has 6 nitrogen and oxygen atoms in total. The molecule has 1 aliphatic carbocycles. The Balaban J connectivity index is 1.87. The van der Waals surface area contributed by atoms with Gasteiger partial charge in [-0.15, -0.1) is 0 Å². The van der Waals surface area contributed by atoms with Gasteiger partial charge in [0.25, 0.3) is 0 Å². The van der Waals surface area contributed by atoms with Crippen LogP contribution in [0.2, 0.25) is 0 Å².